The van der Waals surface area contributed by atoms with Gasteiger partial charge in [-0.05, 0) is 37.1 Å². The number of aromatic nitrogens is 3. The van der Waals surface area contributed by atoms with Crippen LogP contribution in [0.1, 0.15) is 30.3 Å². The lowest BCUT2D eigenvalue weighted by Gasteiger charge is -2.46. The molecule has 1 saturated heterocycles. The van der Waals surface area contributed by atoms with E-state index in [0.29, 0.717) is 25.2 Å². The van der Waals surface area contributed by atoms with Crippen LogP contribution in [-0.2, 0) is 29.8 Å². The van der Waals surface area contributed by atoms with Crippen LogP contribution in [0, 0.1) is 0 Å². The fourth-order valence-electron chi connectivity index (χ4n) is 4.28. The summed E-state index contributed by atoms with van der Waals surface area (Å²) in [6.07, 6.45) is 3.70. The van der Waals surface area contributed by atoms with Gasteiger partial charge < -0.3 is 10.4 Å². The number of aryl methyl sites for hydroxylation is 1. The summed E-state index contributed by atoms with van der Waals surface area (Å²) in [6.45, 7) is 4.77. The zero-order valence-corrected chi connectivity index (χ0v) is 17.8. The van der Waals surface area contributed by atoms with Crippen LogP contribution in [0.2, 0.25) is 0 Å². The Kier molecular flexibility index (Phi) is 6.44. The third-order valence-electron chi connectivity index (χ3n) is 5.95. The van der Waals surface area contributed by atoms with Crippen LogP contribution in [0.4, 0.5) is 0 Å². The summed E-state index contributed by atoms with van der Waals surface area (Å²) < 4.78 is 1.90. The molecular formula is C24H29N5O2. The molecule has 4 rings (SSSR count). The Balaban J connectivity index is 1.51. The number of likely N-dealkylation sites (tertiary alicyclic amines) is 1. The van der Waals surface area contributed by atoms with Crippen molar-refractivity contribution in [3.05, 3.63) is 83.9 Å². The van der Waals surface area contributed by atoms with Gasteiger partial charge in [-0.3, -0.25) is 19.4 Å². The molecule has 2 atom stereocenters. The average molecular weight is 420 g/mol. The van der Waals surface area contributed by atoms with Crippen molar-refractivity contribution in [1.29, 1.82) is 0 Å². The first-order chi connectivity index (χ1) is 15.1. The number of nitrogens with zero attached hydrogens (tertiary/aromatic N) is 4. The number of rotatable bonds is 7. The van der Waals surface area contributed by atoms with Gasteiger partial charge in [-0.15, -0.1) is 0 Å². The van der Waals surface area contributed by atoms with Crippen molar-refractivity contribution < 1.29 is 9.90 Å². The quantitative estimate of drug-likeness (QED) is 0.613. The van der Waals surface area contributed by atoms with Crippen molar-refractivity contribution in [2.45, 2.75) is 44.5 Å². The van der Waals surface area contributed by atoms with Crippen molar-refractivity contribution in [3.8, 4) is 0 Å². The van der Waals surface area contributed by atoms with Crippen LogP contribution >= 0.6 is 0 Å². The van der Waals surface area contributed by atoms with Crippen molar-refractivity contribution in [3.63, 3.8) is 0 Å². The summed E-state index contributed by atoms with van der Waals surface area (Å²) in [6, 6.07) is 17.3. The molecule has 162 valence electrons. The van der Waals surface area contributed by atoms with E-state index in [2.05, 4.69) is 27.2 Å². The third kappa shape index (κ3) is 4.84. The highest BCUT2D eigenvalue weighted by molar-refractivity contribution is 5.79. The highest BCUT2D eigenvalue weighted by Crippen LogP contribution is 2.34. The number of β-amino-alcohol motifs (C(OH)–C–C–N with tert-alkyl or cyclic N) is 1. The van der Waals surface area contributed by atoms with Crippen molar-refractivity contribution in [1.82, 2.24) is 25.0 Å². The Morgan fingerprint density at radius 2 is 1.97 bits per heavy atom. The molecule has 1 aliphatic rings. The second kappa shape index (κ2) is 9.41. The molecule has 0 saturated carbocycles. The minimum absolute atomic E-state index is 0.142. The predicted molar refractivity (Wildman–Crippen MR) is 118 cm³/mol. The second-order valence-electron chi connectivity index (χ2n) is 8.05. The monoisotopic (exact) mass is 419 g/mol. The van der Waals surface area contributed by atoms with Crippen molar-refractivity contribution in [2.75, 3.05) is 13.1 Å². The van der Waals surface area contributed by atoms with Gasteiger partial charge in [0.05, 0.1) is 23.8 Å². The number of carbonyl (C=O) groups is 1. The van der Waals surface area contributed by atoms with E-state index in [0.717, 1.165) is 24.3 Å². The maximum absolute atomic E-state index is 12.9. The number of pyridine rings is 1. The highest BCUT2D eigenvalue weighted by Gasteiger charge is 2.44. The van der Waals surface area contributed by atoms with E-state index >= 15 is 0 Å². The van der Waals surface area contributed by atoms with Crippen LogP contribution < -0.4 is 5.32 Å². The molecule has 31 heavy (non-hydrogen) atoms. The van der Waals surface area contributed by atoms with Gasteiger partial charge in [0.1, 0.15) is 0 Å². The second-order valence-corrected chi connectivity index (χ2v) is 8.05. The number of hydrogen-bond donors (Lipinski definition) is 2. The predicted octanol–water partition coefficient (Wildman–Crippen LogP) is 2.12. The molecule has 0 radical (unpaired) electrons. The Hall–Kier alpha value is -3.03. The number of aliphatic hydroxyl groups is 1. The van der Waals surface area contributed by atoms with Crippen molar-refractivity contribution in [2.24, 2.45) is 0 Å². The van der Waals surface area contributed by atoms with Gasteiger partial charge in [0.15, 0.2) is 0 Å². The average Bonchev–Trinajstić information content (AvgIpc) is 3.24. The maximum atomic E-state index is 12.9. The molecule has 2 N–H and O–H groups in total. The topological polar surface area (TPSA) is 83.3 Å². The first kappa shape index (κ1) is 21.2. The Morgan fingerprint density at radius 1 is 1.16 bits per heavy atom. The molecular weight excluding hydrogens is 390 g/mol. The molecule has 0 unspecified atom stereocenters. The molecule has 1 amide bonds. The smallest absolute Gasteiger partial charge is 0.226 e. The lowest BCUT2D eigenvalue weighted by molar-refractivity contribution is -0.126. The van der Waals surface area contributed by atoms with Crippen LogP contribution in [0.5, 0.6) is 0 Å². The van der Waals surface area contributed by atoms with E-state index in [1.165, 1.54) is 0 Å². The minimum atomic E-state index is -0.827. The highest BCUT2D eigenvalue weighted by atomic mass is 16.3. The van der Waals surface area contributed by atoms with E-state index in [4.69, 9.17) is 0 Å². The van der Waals surface area contributed by atoms with E-state index in [1.54, 1.807) is 6.20 Å². The molecule has 2 aromatic heterocycles. The van der Waals surface area contributed by atoms with Gasteiger partial charge in [0.2, 0.25) is 5.91 Å². The summed E-state index contributed by atoms with van der Waals surface area (Å²) in [5.74, 6) is -0.142. The van der Waals surface area contributed by atoms with Gasteiger partial charge in [-0.1, -0.05) is 36.4 Å². The molecule has 7 heteroatoms. The first-order valence-corrected chi connectivity index (χ1v) is 10.8. The van der Waals surface area contributed by atoms with E-state index in [-0.39, 0.29) is 12.3 Å². The van der Waals surface area contributed by atoms with E-state index in [9.17, 15) is 9.90 Å². The molecule has 1 fully saturated rings. The standard InChI is InChI=1S/C24H29N5O2/c1-2-29-14-11-21(27-29)17-28-15-12-24(22(30)18-28,19-8-4-3-5-9-19)26-23(31)16-20-10-6-7-13-25-20/h3-11,13-14,22,30H,2,12,15-18H2,1H3,(H,26,31)/t22-,24+/m1/s1. The molecule has 3 aromatic rings. The number of amides is 1. The lowest BCUT2D eigenvalue weighted by Crippen LogP contribution is -2.62. The molecule has 0 aliphatic carbocycles. The summed E-state index contributed by atoms with van der Waals surface area (Å²) in [4.78, 5) is 19.4. The third-order valence-corrected chi connectivity index (χ3v) is 5.95. The van der Waals surface area contributed by atoms with E-state index < -0.39 is 11.6 Å². The van der Waals surface area contributed by atoms with Gasteiger partial charge in [0.25, 0.3) is 0 Å². The van der Waals surface area contributed by atoms with Gasteiger partial charge in [-0.25, -0.2) is 0 Å². The molecule has 1 aromatic carbocycles. The molecule has 1 aliphatic heterocycles. The Bertz CT molecular complexity index is 991. The number of aliphatic hydroxyl groups excluding tert-OH is 1. The molecule has 7 nitrogen and oxygen atoms in total. The summed E-state index contributed by atoms with van der Waals surface area (Å²) >= 11 is 0. The largest absolute Gasteiger partial charge is 0.389 e. The van der Waals surface area contributed by atoms with Gasteiger partial charge in [-0.2, -0.15) is 5.10 Å². The number of piperidine rings is 1. The molecule has 0 spiro atoms. The van der Waals surface area contributed by atoms with Gasteiger partial charge >= 0.3 is 0 Å². The summed E-state index contributed by atoms with van der Waals surface area (Å²) in [5, 5.41) is 19.0. The summed E-state index contributed by atoms with van der Waals surface area (Å²) in [5.41, 5.74) is 1.79. The fraction of sp³-hybridized carbons (Fsp3) is 0.375. The maximum Gasteiger partial charge on any atom is 0.226 e. The number of hydrogen-bond acceptors (Lipinski definition) is 5. The first-order valence-electron chi connectivity index (χ1n) is 10.8. The number of carbonyl (C=O) groups excluding carboxylic acids is 1. The van der Waals surface area contributed by atoms with Crippen LogP contribution in [-0.4, -0.2) is 49.9 Å². The van der Waals surface area contributed by atoms with Crippen LogP contribution in [0.25, 0.3) is 0 Å². The number of nitrogens with one attached hydrogen (secondary N) is 1. The van der Waals surface area contributed by atoms with Gasteiger partial charge in [0, 0.05) is 44.3 Å². The minimum Gasteiger partial charge on any atom is -0.389 e. The van der Waals surface area contributed by atoms with Crippen LogP contribution in [0.3, 0.4) is 0 Å². The van der Waals surface area contributed by atoms with Crippen LogP contribution in [0.15, 0.2) is 67.0 Å². The van der Waals surface area contributed by atoms with E-state index in [1.807, 2.05) is 65.5 Å². The number of benzene rings is 1. The normalized spacial score (nSPS) is 21.7. The molecule has 0 bridgehead atoms. The Morgan fingerprint density at radius 3 is 2.65 bits per heavy atom. The fourth-order valence-corrected chi connectivity index (χ4v) is 4.28. The zero-order chi connectivity index (χ0) is 21.7. The zero-order valence-electron chi connectivity index (χ0n) is 17.8. The molecule has 3 heterocycles. The summed E-state index contributed by atoms with van der Waals surface area (Å²) in [7, 11) is 0. The Labute approximate surface area is 182 Å². The SMILES string of the molecule is CCn1ccc(CN2CC[C@](NC(=O)Cc3ccccn3)(c3ccccc3)[C@H](O)C2)n1. The lowest BCUT2D eigenvalue weighted by atomic mass is 9.78. The van der Waals surface area contributed by atoms with Crippen molar-refractivity contribution >= 4 is 5.91 Å².